The van der Waals surface area contributed by atoms with Gasteiger partial charge in [0.2, 0.25) is 0 Å². The summed E-state index contributed by atoms with van der Waals surface area (Å²) in [6.07, 6.45) is 4.06. The van der Waals surface area contributed by atoms with Crippen LogP contribution in [-0.4, -0.2) is 26.5 Å². The third-order valence-corrected chi connectivity index (χ3v) is 4.69. The topological polar surface area (TPSA) is 59.3 Å². The number of aromatic nitrogens is 3. The van der Waals surface area contributed by atoms with E-state index >= 15 is 0 Å². The minimum Gasteiger partial charge on any atom is -0.349 e. The number of nitrogens with one attached hydrogen (secondary N) is 1. The molecule has 25 heavy (non-hydrogen) atoms. The molecule has 1 N–H and O–H groups in total. The van der Waals surface area contributed by atoms with Crippen LogP contribution in [0, 0.1) is 19.7 Å². The summed E-state index contributed by atoms with van der Waals surface area (Å²) in [4.78, 5) is 16.9. The summed E-state index contributed by atoms with van der Waals surface area (Å²) in [5.74, 6) is -0.364. The predicted octanol–water partition coefficient (Wildman–Crippen LogP) is 2.97. The summed E-state index contributed by atoms with van der Waals surface area (Å²) < 4.78 is 15.7. The molecule has 0 aliphatic heterocycles. The van der Waals surface area contributed by atoms with Crippen molar-refractivity contribution in [2.75, 3.05) is 0 Å². The van der Waals surface area contributed by atoms with Crippen LogP contribution >= 0.6 is 0 Å². The van der Waals surface area contributed by atoms with Crippen LogP contribution in [0.3, 0.4) is 0 Å². The first-order valence-corrected chi connectivity index (χ1v) is 8.42. The highest BCUT2D eigenvalue weighted by molar-refractivity contribution is 6.00. The Morgan fingerprint density at radius 2 is 2.08 bits per heavy atom. The van der Waals surface area contributed by atoms with Crippen LogP contribution in [-0.2, 0) is 6.42 Å². The van der Waals surface area contributed by atoms with Crippen LogP contribution in [0.5, 0.6) is 0 Å². The van der Waals surface area contributed by atoms with Gasteiger partial charge in [-0.05, 0) is 43.9 Å². The number of hydrogen-bond acceptors (Lipinski definition) is 3. The summed E-state index contributed by atoms with van der Waals surface area (Å²) >= 11 is 0. The van der Waals surface area contributed by atoms with E-state index in [1.54, 1.807) is 22.8 Å². The van der Waals surface area contributed by atoms with Crippen molar-refractivity contribution in [1.29, 1.82) is 0 Å². The molecule has 1 fully saturated rings. The predicted molar refractivity (Wildman–Crippen MR) is 92.2 cm³/mol. The first-order valence-electron chi connectivity index (χ1n) is 8.42. The fourth-order valence-corrected chi connectivity index (χ4v) is 3.05. The summed E-state index contributed by atoms with van der Waals surface area (Å²) in [6.45, 7) is 3.81. The van der Waals surface area contributed by atoms with Gasteiger partial charge in [0, 0.05) is 23.9 Å². The maximum absolute atomic E-state index is 14.0. The van der Waals surface area contributed by atoms with Gasteiger partial charge in [-0.3, -0.25) is 4.79 Å². The lowest BCUT2D eigenvalue weighted by molar-refractivity contribution is 0.0952. The molecule has 2 heterocycles. The molecule has 5 nitrogen and oxygen atoms in total. The van der Waals surface area contributed by atoms with Gasteiger partial charge >= 0.3 is 0 Å². The van der Waals surface area contributed by atoms with Crippen LogP contribution in [0.1, 0.15) is 45.7 Å². The van der Waals surface area contributed by atoms with E-state index in [0.29, 0.717) is 23.2 Å². The Hall–Kier alpha value is -2.76. The number of nitrogens with zero attached hydrogens (tertiary/aromatic N) is 3. The second-order valence-corrected chi connectivity index (χ2v) is 6.57. The Morgan fingerprint density at radius 1 is 1.32 bits per heavy atom. The van der Waals surface area contributed by atoms with Gasteiger partial charge in [-0.15, -0.1) is 0 Å². The highest BCUT2D eigenvalue weighted by Crippen LogP contribution is 2.23. The Kier molecular flexibility index (Phi) is 3.75. The van der Waals surface area contributed by atoms with Crippen molar-refractivity contribution in [1.82, 2.24) is 19.9 Å². The highest BCUT2D eigenvalue weighted by atomic mass is 19.1. The lowest BCUT2D eigenvalue weighted by Crippen LogP contribution is -2.25. The Morgan fingerprint density at radius 3 is 2.80 bits per heavy atom. The molecule has 3 aromatic rings. The van der Waals surface area contributed by atoms with Crippen LogP contribution < -0.4 is 5.32 Å². The molecule has 4 rings (SSSR count). The number of hydrogen-bond donors (Lipinski definition) is 1. The van der Waals surface area contributed by atoms with Gasteiger partial charge in [-0.2, -0.15) is 5.10 Å². The van der Waals surface area contributed by atoms with Crippen molar-refractivity contribution >= 4 is 11.6 Å². The first-order chi connectivity index (χ1) is 12.0. The fourth-order valence-electron chi connectivity index (χ4n) is 3.05. The van der Waals surface area contributed by atoms with Gasteiger partial charge in [-0.1, -0.05) is 18.2 Å². The third kappa shape index (κ3) is 2.88. The molecule has 2 aromatic heterocycles. The largest absolute Gasteiger partial charge is 0.349 e. The van der Waals surface area contributed by atoms with E-state index in [1.165, 1.54) is 6.07 Å². The number of carbonyl (C=O) groups excluding carboxylic acids is 1. The van der Waals surface area contributed by atoms with Gasteiger partial charge in [0.1, 0.15) is 11.4 Å². The van der Waals surface area contributed by atoms with E-state index in [4.69, 9.17) is 0 Å². The molecule has 0 radical (unpaired) electrons. The quantitative estimate of drug-likeness (QED) is 0.796. The average Bonchev–Trinajstić information content (AvgIpc) is 3.29. The van der Waals surface area contributed by atoms with Gasteiger partial charge in [0.25, 0.3) is 5.91 Å². The smallest absolute Gasteiger partial charge is 0.256 e. The number of carbonyl (C=O) groups is 1. The molecule has 0 atom stereocenters. The minimum absolute atomic E-state index is 0.134. The molecule has 1 amide bonds. The summed E-state index contributed by atoms with van der Waals surface area (Å²) in [5.41, 5.74) is 4.23. The first kappa shape index (κ1) is 15.7. The van der Waals surface area contributed by atoms with Gasteiger partial charge in [-0.25, -0.2) is 13.9 Å². The molecule has 128 valence electrons. The maximum Gasteiger partial charge on any atom is 0.256 e. The zero-order valence-corrected chi connectivity index (χ0v) is 14.2. The van der Waals surface area contributed by atoms with Gasteiger partial charge < -0.3 is 5.32 Å². The molecular formula is C19H19FN4O. The second kappa shape index (κ2) is 5.95. The normalized spacial score (nSPS) is 14.0. The molecule has 1 aliphatic rings. The molecule has 0 bridgehead atoms. The number of amides is 1. The lowest BCUT2D eigenvalue weighted by atomic mass is 10.0. The van der Waals surface area contributed by atoms with Gasteiger partial charge in [0.15, 0.2) is 5.65 Å². The zero-order chi connectivity index (χ0) is 17.6. The molecule has 0 saturated heterocycles. The molecule has 6 heteroatoms. The van der Waals surface area contributed by atoms with E-state index < -0.39 is 0 Å². The maximum atomic E-state index is 14.0. The van der Waals surface area contributed by atoms with Crippen LogP contribution in [0.4, 0.5) is 4.39 Å². The monoisotopic (exact) mass is 338 g/mol. The highest BCUT2D eigenvalue weighted by Gasteiger charge is 2.26. The van der Waals surface area contributed by atoms with E-state index in [1.807, 2.05) is 19.9 Å². The Balaban J connectivity index is 1.74. The SMILES string of the molecule is Cc1nc2c(C(=O)NC3CC3)cnn2c(C)c1Cc1ccccc1F. The van der Waals surface area contributed by atoms with Crippen molar-refractivity contribution < 1.29 is 9.18 Å². The number of aryl methyl sites for hydroxylation is 2. The van der Waals surface area contributed by atoms with Gasteiger partial charge in [0.05, 0.1) is 6.20 Å². The number of rotatable bonds is 4. The van der Waals surface area contributed by atoms with Crippen LogP contribution in [0.2, 0.25) is 0 Å². The molecule has 1 saturated carbocycles. The Labute approximate surface area is 144 Å². The van der Waals surface area contributed by atoms with Crippen molar-refractivity contribution in [2.45, 2.75) is 39.2 Å². The fraction of sp³-hybridized carbons (Fsp3) is 0.316. The standard InChI is InChI=1S/C19H19FN4O/c1-11-15(9-13-5-3-4-6-17(13)20)12(2)24-18(22-11)16(10-21-24)19(25)23-14-7-8-14/h3-6,10,14H,7-9H2,1-2H3,(H,23,25). The van der Waals surface area contributed by atoms with E-state index in [9.17, 15) is 9.18 Å². The molecular weight excluding hydrogens is 319 g/mol. The van der Waals surface area contributed by atoms with Crippen LogP contribution in [0.15, 0.2) is 30.5 Å². The molecule has 0 spiro atoms. The van der Waals surface area contributed by atoms with Crippen molar-refractivity contribution in [3.8, 4) is 0 Å². The zero-order valence-electron chi connectivity index (χ0n) is 14.2. The number of fused-ring (bicyclic) bond motifs is 1. The average molecular weight is 338 g/mol. The van der Waals surface area contributed by atoms with Crippen LogP contribution in [0.25, 0.3) is 5.65 Å². The van der Waals surface area contributed by atoms with Crippen molar-refractivity contribution in [3.63, 3.8) is 0 Å². The summed E-state index contributed by atoms with van der Waals surface area (Å²) in [5, 5.41) is 7.30. The molecule has 1 aliphatic carbocycles. The van der Waals surface area contributed by atoms with E-state index in [0.717, 1.165) is 29.8 Å². The summed E-state index contributed by atoms with van der Waals surface area (Å²) in [6, 6.07) is 7.02. The van der Waals surface area contributed by atoms with E-state index in [2.05, 4.69) is 15.4 Å². The third-order valence-electron chi connectivity index (χ3n) is 4.69. The number of halogens is 1. The van der Waals surface area contributed by atoms with Crippen molar-refractivity contribution in [2.24, 2.45) is 0 Å². The molecule has 0 unspecified atom stereocenters. The second-order valence-electron chi connectivity index (χ2n) is 6.57. The molecule has 1 aromatic carbocycles. The number of benzene rings is 1. The summed E-state index contributed by atoms with van der Waals surface area (Å²) in [7, 11) is 0. The lowest BCUT2D eigenvalue weighted by Gasteiger charge is -2.12. The van der Waals surface area contributed by atoms with E-state index in [-0.39, 0.29) is 17.8 Å². The minimum atomic E-state index is -0.230. The van der Waals surface area contributed by atoms with Crippen molar-refractivity contribution in [3.05, 3.63) is 64.4 Å². The Bertz CT molecular complexity index is 975.